The third-order valence-corrected chi connectivity index (χ3v) is 6.34. The molecule has 1 aromatic heterocycles. The fourth-order valence-electron chi connectivity index (χ4n) is 4.82. The van der Waals surface area contributed by atoms with Crippen LogP contribution in [0, 0.1) is 18.3 Å². The maximum absolute atomic E-state index is 13.2. The molecule has 0 radical (unpaired) electrons. The van der Waals surface area contributed by atoms with Crippen LogP contribution >= 0.6 is 0 Å². The molecule has 1 aliphatic carbocycles. The largest absolute Gasteiger partial charge is 0.431 e. The molecule has 1 saturated carbocycles. The number of hydrogen-bond donors (Lipinski definition) is 0. The van der Waals surface area contributed by atoms with Gasteiger partial charge in [0, 0.05) is 18.0 Å². The van der Waals surface area contributed by atoms with Crippen molar-refractivity contribution < 1.29 is 13.9 Å². The van der Waals surface area contributed by atoms with E-state index in [1.807, 2.05) is 42.2 Å². The van der Waals surface area contributed by atoms with Crippen LogP contribution in [0.4, 0.5) is 0 Å². The van der Waals surface area contributed by atoms with Crippen LogP contribution in [0.1, 0.15) is 35.5 Å². The van der Waals surface area contributed by atoms with Crippen molar-refractivity contribution in [3.05, 3.63) is 41.8 Å². The van der Waals surface area contributed by atoms with Gasteiger partial charge in [-0.3, -0.25) is 4.79 Å². The summed E-state index contributed by atoms with van der Waals surface area (Å²) in [4.78, 5) is 19.7. The Balaban J connectivity index is 1.46. The smallest absolute Gasteiger partial charge is 0.291 e. The van der Waals surface area contributed by atoms with E-state index in [4.69, 9.17) is 9.15 Å². The van der Waals surface area contributed by atoms with Crippen molar-refractivity contribution in [2.75, 3.05) is 19.8 Å². The van der Waals surface area contributed by atoms with Crippen LogP contribution in [-0.4, -0.2) is 41.6 Å². The minimum Gasteiger partial charge on any atom is -0.431 e. The fourth-order valence-corrected chi connectivity index (χ4v) is 4.82. The molecule has 2 aromatic rings. The highest BCUT2D eigenvalue weighted by Gasteiger charge is 2.58. The number of benzene rings is 1. The number of oxazole rings is 1. The Morgan fingerprint density at radius 2 is 2.04 bits per heavy atom. The Hall–Kier alpha value is -2.14. The standard InChI is InChI=1S/C20H22N2O3/c1-13-17(25-18(21-13)14-6-3-2-4-7-14)19(23)22-12-20(8-5-9-20)15-10-24-11-16(15)22/h2-4,6-7,15-16H,5,8-12H2,1H3. The molecule has 3 heterocycles. The summed E-state index contributed by atoms with van der Waals surface area (Å²) < 4.78 is 11.6. The Morgan fingerprint density at radius 3 is 2.76 bits per heavy atom. The van der Waals surface area contributed by atoms with Crippen LogP contribution in [0.5, 0.6) is 0 Å². The number of nitrogens with zero attached hydrogens (tertiary/aromatic N) is 2. The van der Waals surface area contributed by atoms with Gasteiger partial charge in [0.2, 0.25) is 11.7 Å². The number of carbonyl (C=O) groups excluding carboxylic acids is 1. The van der Waals surface area contributed by atoms with E-state index in [2.05, 4.69) is 4.98 Å². The maximum Gasteiger partial charge on any atom is 0.291 e. The first-order valence-corrected chi connectivity index (χ1v) is 9.09. The van der Waals surface area contributed by atoms with Crippen LogP contribution in [-0.2, 0) is 4.74 Å². The van der Waals surface area contributed by atoms with Gasteiger partial charge in [0.05, 0.1) is 24.9 Å². The normalized spacial score (nSPS) is 26.7. The van der Waals surface area contributed by atoms with E-state index in [1.54, 1.807) is 0 Å². The van der Waals surface area contributed by atoms with Gasteiger partial charge in [-0.2, -0.15) is 0 Å². The number of likely N-dealkylation sites (tertiary alicyclic amines) is 1. The van der Waals surface area contributed by atoms with Crippen molar-refractivity contribution >= 4 is 5.91 Å². The zero-order chi connectivity index (χ0) is 17.0. The second-order valence-electron chi connectivity index (χ2n) is 7.66. The first kappa shape index (κ1) is 15.1. The van der Waals surface area contributed by atoms with Gasteiger partial charge in [-0.15, -0.1) is 0 Å². The lowest BCUT2D eigenvalue weighted by Crippen LogP contribution is -2.40. The second kappa shape index (κ2) is 5.43. The molecule has 0 N–H and O–H groups in total. The molecule has 1 spiro atoms. The predicted molar refractivity (Wildman–Crippen MR) is 92.1 cm³/mol. The van der Waals surface area contributed by atoms with E-state index in [1.165, 1.54) is 19.3 Å². The Labute approximate surface area is 147 Å². The number of amides is 1. The van der Waals surface area contributed by atoms with Gasteiger partial charge in [0.25, 0.3) is 5.91 Å². The summed E-state index contributed by atoms with van der Waals surface area (Å²) in [6, 6.07) is 9.92. The summed E-state index contributed by atoms with van der Waals surface area (Å²) in [6.45, 7) is 4.13. The predicted octanol–water partition coefficient (Wildman–Crippen LogP) is 3.29. The molecule has 0 bridgehead atoms. The molecule has 2 aliphatic heterocycles. The van der Waals surface area contributed by atoms with E-state index in [0.29, 0.717) is 29.9 Å². The molecule has 25 heavy (non-hydrogen) atoms. The number of aromatic nitrogens is 1. The number of aryl methyl sites for hydroxylation is 1. The molecule has 5 heteroatoms. The van der Waals surface area contributed by atoms with Gasteiger partial charge >= 0.3 is 0 Å². The summed E-state index contributed by atoms with van der Waals surface area (Å²) in [7, 11) is 0. The van der Waals surface area contributed by atoms with Gasteiger partial charge in [-0.25, -0.2) is 4.98 Å². The summed E-state index contributed by atoms with van der Waals surface area (Å²) >= 11 is 0. The van der Waals surface area contributed by atoms with Crippen LogP contribution in [0.25, 0.3) is 11.5 Å². The minimum absolute atomic E-state index is 0.0311. The second-order valence-corrected chi connectivity index (χ2v) is 7.66. The van der Waals surface area contributed by atoms with Crippen molar-refractivity contribution in [1.29, 1.82) is 0 Å². The van der Waals surface area contributed by atoms with Crippen molar-refractivity contribution in [3.63, 3.8) is 0 Å². The summed E-state index contributed by atoms with van der Waals surface area (Å²) in [6.07, 6.45) is 3.70. The van der Waals surface area contributed by atoms with E-state index in [9.17, 15) is 4.79 Å². The topological polar surface area (TPSA) is 55.6 Å². The summed E-state index contributed by atoms with van der Waals surface area (Å²) in [5.41, 5.74) is 1.84. The van der Waals surface area contributed by atoms with Crippen molar-refractivity contribution in [1.82, 2.24) is 9.88 Å². The lowest BCUT2D eigenvalue weighted by Gasteiger charge is -2.41. The fraction of sp³-hybridized carbons (Fsp3) is 0.500. The molecule has 130 valence electrons. The van der Waals surface area contributed by atoms with Crippen molar-refractivity contribution in [2.45, 2.75) is 32.2 Å². The monoisotopic (exact) mass is 338 g/mol. The SMILES string of the molecule is Cc1nc(-c2ccccc2)oc1C(=O)N1CC2(CCC2)C2COCC21. The molecule has 2 unspecified atom stereocenters. The molecule has 1 amide bonds. The maximum atomic E-state index is 13.2. The first-order chi connectivity index (χ1) is 12.2. The highest BCUT2D eigenvalue weighted by Crippen LogP contribution is 2.56. The van der Waals surface area contributed by atoms with Crippen LogP contribution in [0.2, 0.25) is 0 Å². The van der Waals surface area contributed by atoms with Gasteiger partial charge < -0.3 is 14.1 Å². The first-order valence-electron chi connectivity index (χ1n) is 9.09. The van der Waals surface area contributed by atoms with Gasteiger partial charge in [0.1, 0.15) is 0 Å². The Morgan fingerprint density at radius 1 is 1.24 bits per heavy atom. The van der Waals surface area contributed by atoms with Crippen LogP contribution in [0.3, 0.4) is 0 Å². The van der Waals surface area contributed by atoms with Gasteiger partial charge in [-0.1, -0.05) is 24.6 Å². The van der Waals surface area contributed by atoms with Gasteiger partial charge in [-0.05, 0) is 37.3 Å². The molecule has 5 nitrogen and oxygen atoms in total. The highest BCUT2D eigenvalue weighted by molar-refractivity contribution is 5.93. The number of hydrogen-bond acceptors (Lipinski definition) is 4. The molecule has 3 fully saturated rings. The highest BCUT2D eigenvalue weighted by atomic mass is 16.5. The molecule has 5 rings (SSSR count). The molecular weight excluding hydrogens is 316 g/mol. The van der Waals surface area contributed by atoms with Gasteiger partial charge in [0.15, 0.2) is 0 Å². The molecule has 2 saturated heterocycles. The number of fused-ring (bicyclic) bond motifs is 2. The Kier molecular flexibility index (Phi) is 3.29. The lowest BCUT2D eigenvalue weighted by atomic mass is 9.62. The summed E-state index contributed by atoms with van der Waals surface area (Å²) in [5, 5.41) is 0. The number of ether oxygens (including phenoxy) is 1. The minimum atomic E-state index is -0.0311. The average molecular weight is 338 g/mol. The number of carbonyl (C=O) groups is 1. The quantitative estimate of drug-likeness (QED) is 0.843. The third-order valence-electron chi connectivity index (χ3n) is 6.34. The van der Waals surface area contributed by atoms with E-state index in [-0.39, 0.29) is 17.4 Å². The molecule has 2 atom stereocenters. The van der Waals surface area contributed by atoms with E-state index in [0.717, 1.165) is 18.7 Å². The number of rotatable bonds is 2. The zero-order valence-electron chi connectivity index (χ0n) is 14.4. The van der Waals surface area contributed by atoms with Crippen molar-refractivity contribution in [3.8, 4) is 11.5 Å². The van der Waals surface area contributed by atoms with E-state index < -0.39 is 0 Å². The third kappa shape index (κ3) is 2.18. The molecular formula is C20H22N2O3. The van der Waals surface area contributed by atoms with Crippen molar-refractivity contribution in [2.24, 2.45) is 11.3 Å². The molecule has 3 aliphatic rings. The lowest BCUT2D eigenvalue weighted by molar-refractivity contribution is 0.0437. The van der Waals surface area contributed by atoms with Crippen LogP contribution < -0.4 is 0 Å². The van der Waals surface area contributed by atoms with E-state index >= 15 is 0 Å². The summed E-state index contributed by atoms with van der Waals surface area (Å²) in [5.74, 6) is 1.34. The Bertz CT molecular complexity index is 810. The zero-order valence-corrected chi connectivity index (χ0v) is 14.4. The molecule has 1 aromatic carbocycles. The average Bonchev–Trinajstić information content (AvgIpc) is 3.27. The van der Waals surface area contributed by atoms with Crippen LogP contribution in [0.15, 0.2) is 34.7 Å².